The number of carbonyl (C=O) groups is 1. The molecule has 34 heavy (non-hydrogen) atoms. The van der Waals surface area contributed by atoms with Crippen molar-refractivity contribution >= 4 is 22.4 Å². The molecule has 0 aromatic carbocycles. The van der Waals surface area contributed by atoms with E-state index in [4.69, 9.17) is 0 Å². The van der Waals surface area contributed by atoms with Crippen LogP contribution in [0, 0.1) is 5.92 Å². The van der Waals surface area contributed by atoms with Crippen LogP contribution >= 0.6 is 11.3 Å². The highest BCUT2D eigenvalue weighted by Gasteiger charge is 2.31. The van der Waals surface area contributed by atoms with Crippen molar-refractivity contribution in [2.75, 3.05) is 18.4 Å². The van der Waals surface area contributed by atoms with Gasteiger partial charge in [-0.3, -0.25) is 15.0 Å². The zero-order valence-electron chi connectivity index (χ0n) is 19.3. The molecule has 1 amide bonds. The number of halogens is 3. The number of thiazole rings is 1. The molecule has 4 heterocycles. The van der Waals surface area contributed by atoms with Crippen LogP contribution in [-0.2, 0) is 12.7 Å². The first-order valence-electron chi connectivity index (χ1n) is 11.2. The third-order valence-electron chi connectivity index (χ3n) is 5.79. The summed E-state index contributed by atoms with van der Waals surface area (Å²) in [5.41, 5.74) is 0.969. The molecule has 182 valence electrons. The van der Waals surface area contributed by atoms with Crippen LogP contribution in [0.2, 0.25) is 0 Å². The van der Waals surface area contributed by atoms with E-state index in [-0.39, 0.29) is 17.6 Å². The number of aromatic nitrogens is 4. The van der Waals surface area contributed by atoms with E-state index in [1.807, 2.05) is 19.2 Å². The number of anilines is 1. The van der Waals surface area contributed by atoms with Crippen LogP contribution in [0.4, 0.5) is 18.3 Å². The van der Waals surface area contributed by atoms with Gasteiger partial charge in [-0.05, 0) is 43.4 Å². The lowest BCUT2D eigenvalue weighted by atomic mass is 10.0. The van der Waals surface area contributed by atoms with E-state index in [1.165, 1.54) is 41.1 Å². The number of alkyl halides is 3. The summed E-state index contributed by atoms with van der Waals surface area (Å²) in [6.07, 6.45) is 0.141. The fourth-order valence-electron chi connectivity index (χ4n) is 4.21. The second kappa shape index (κ2) is 9.83. The van der Waals surface area contributed by atoms with Crippen LogP contribution in [0.5, 0.6) is 0 Å². The molecule has 11 heteroatoms. The molecule has 0 saturated carbocycles. The average Bonchev–Trinajstić information content (AvgIpc) is 3.40. The third-order valence-corrected chi connectivity index (χ3v) is 6.60. The fraction of sp³-hybridized carbons (Fsp3) is 0.478. The van der Waals surface area contributed by atoms with Crippen molar-refractivity contribution in [3.63, 3.8) is 0 Å². The minimum atomic E-state index is -4.47. The molecule has 1 fully saturated rings. The SMILES string of the molecule is CC1CCCN(Cc2csc(NC(=O)c3cnn(-c4ccc(C(F)(F)F)cn4)c3C(C)C)n2)C1. The van der Waals surface area contributed by atoms with Crippen LogP contribution in [0.1, 0.15) is 66.8 Å². The maximum Gasteiger partial charge on any atom is 0.417 e. The minimum Gasteiger partial charge on any atom is -0.298 e. The lowest BCUT2D eigenvalue weighted by Gasteiger charge is -2.30. The molecule has 0 radical (unpaired) electrons. The highest BCUT2D eigenvalue weighted by atomic mass is 32.1. The fourth-order valence-corrected chi connectivity index (χ4v) is 4.91. The Morgan fingerprint density at radius 3 is 2.74 bits per heavy atom. The lowest BCUT2D eigenvalue weighted by molar-refractivity contribution is -0.137. The first kappa shape index (κ1) is 24.3. The number of amides is 1. The maximum atomic E-state index is 13.0. The van der Waals surface area contributed by atoms with Crippen LogP contribution in [0.3, 0.4) is 0 Å². The summed E-state index contributed by atoms with van der Waals surface area (Å²) in [7, 11) is 0. The number of nitrogens with zero attached hydrogens (tertiary/aromatic N) is 5. The van der Waals surface area contributed by atoms with Crippen molar-refractivity contribution in [1.29, 1.82) is 0 Å². The summed E-state index contributed by atoms with van der Waals surface area (Å²) in [5.74, 6) is 0.398. The number of hydrogen-bond donors (Lipinski definition) is 1. The molecule has 3 aromatic rings. The van der Waals surface area contributed by atoms with Crippen molar-refractivity contribution in [3.05, 3.63) is 52.4 Å². The molecule has 0 spiro atoms. The molecular weight excluding hydrogens is 465 g/mol. The van der Waals surface area contributed by atoms with Crippen LogP contribution < -0.4 is 5.32 Å². The smallest absolute Gasteiger partial charge is 0.298 e. The van der Waals surface area contributed by atoms with Gasteiger partial charge in [0, 0.05) is 24.7 Å². The van der Waals surface area contributed by atoms with E-state index >= 15 is 0 Å². The minimum absolute atomic E-state index is 0.125. The van der Waals surface area contributed by atoms with Crippen molar-refractivity contribution in [2.45, 2.75) is 52.3 Å². The monoisotopic (exact) mass is 492 g/mol. The van der Waals surface area contributed by atoms with E-state index in [1.54, 1.807) is 0 Å². The largest absolute Gasteiger partial charge is 0.417 e. The quantitative estimate of drug-likeness (QED) is 0.502. The van der Waals surface area contributed by atoms with Gasteiger partial charge in [-0.1, -0.05) is 20.8 Å². The number of nitrogens with one attached hydrogen (secondary N) is 1. The van der Waals surface area contributed by atoms with Gasteiger partial charge in [0.05, 0.1) is 28.7 Å². The molecule has 0 bridgehead atoms. The van der Waals surface area contributed by atoms with Gasteiger partial charge in [-0.2, -0.15) is 18.3 Å². The van der Waals surface area contributed by atoms with Crippen LogP contribution in [0.25, 0.3) is 5.82 Å². The number of pyridine rings is 1. The number of piperidine rings is 1. The number of hydrogen-bond acceptors (Lipinski definition) is 6. The first-order chi connectivity index (χ1) is 16.1. The lowest BCUT2D eigenvalue weighted by Crippen LogP contribution is -2.33. The Balaban J connectivity index is 1.50. The standard InChI is InChI=1S/C23H27F3N6OS/c1-14(2)20-18(10-28-32(20)19-7-6-16(9-27-19)23(24,25)26)21(33)30-22-29-17(13-34-22)12-31-8-4-5-15(3)11-31/h6-7,9-10,13-15H,4-5,8,11-12H2,1-3H3,(H,29,30,33). The summed E-state index contributed by atoms with van der Waals surface area (Å²) in [6, 6.07) is 2.20. The van der Waals surface area contributed by atoms with Gasteiger partial charge in [0.25, 0.3) is 5.91 Å². The van der Waals surface area contributed by atoms with Crippen molar-refractivity contribution < 1.29 is 18.0 Å². The first-order valence-corrected chi connectivity index (χ1v) is 12.1. The summed E-state index contributed by atoms with van der Waals surface area (Å²) < 4.78 is 40.0. The number of carbonyl (C=O) groups excluding carboxylic acids is 1. The topological polar surface area (TPSA) is 75.9 Å². The van der Waals surface area contributed by atoms with E-state index < -0.39 is 11.7 Å². The van der Waals surface area contributed by atoms with Gasteiger partial charge >= 0.3 is 6.18 Å². The molecule has 1 saturated heterocycles. The van der Waals surface area contributed by atoms with E-state index in [2.05, 4.69) is 32.2 Å². The molecule has 1 N–H and O–H groups in total. The number of rotatable bonds is 6. The zero-order chi connectivity index (χ0) is 24.5. The predicted octanol–water partition coefficient (Wildman–Crippen LogP) is 5.35. The summed E-state index contributed by atoms with van der Waals surface area (Å²) >= 11 is 1.37. The van der Waals surface area contributed by atoms with Crippen LogP contribution in [-0.4, -0.2) is 43.6 Å². The third kappa shape index (κ3) is 5.47. The molecule has 1 unspecified atom stereocenters. The van der Waals surface area contributed by atoms with Gasteiger partial charge in [0.15, 0.2) is 10.9 Å². The molecule has 1 aliphatic rings. The van der Waals surface area contributed by atoms with E-state index in [9.17, 15) is 18.0 Å². The Bertz CT molecular complexity index is 1140. The van der Waals surface area contributed by atoms with Gasteiger partial charge in [0.1, 0.15) is 0 Å². The molecule has 3 aromatic heterocycles. The molecule has 1 atom stereocenters. The average molecular weight is 493 g/mol. The van der Waals surface area contributed by atoms with E-state index in [0.29, 0.717) is 22.3 Å². The van der Waals surface area contributed by atoms with Gasteiger partial charge in [-0.15, -0.1) is 11.3 Å². The summed E-state index contributed by atoms with van der Waals surface area (Å²) in [6.45, 7) is 8.88. The summed E-state index contributed by atoms with van der Waals surface area (Å²) in [5, 5.41) is 9.53. The second-order valence-corrected chi connectivity index (χ2v) is 9.85. The summed E-state index contributed by atoms with van der Waals surface area (Å²) in [4.78, 5) is 23.9. The predicted molar refractivity (Wildman–Crippen MR) is 124 cm³/mol. The van der Waals surface area contributed by atoms with Gasteiger partial charge < -0.3 is 0 Å². The Morgan fingerprint density at radius 2 is 2.09 bits per heavy atom. The highest BCUT2D eigenvalue weighted by Crippen LogP contribution is 2.30. The van der Waals surface area contributed by atoms with Gasteiger partial charge in [0.2, 0.25) is 0 Å². The molecule has 4 rings (SSSR count). The van der Waals surface area contributed by atoms with Gasteiger partial charge in [-0.25, -0.2) is 14.6 Å². The van der Waals surface area contributed by atoms with Crippen LogP contribution in [0.15, 0.2) is 29.9 Å². The Labute approximate surface area is 200 Å². The second-order valence-electron chi connectivity index (χ2n) is 8.99. The Morgan fingerprint density at radius 1 is 1.29 bits per heavy atom. The van der Waals surface area contributed by atoms with Crippen molar-refractivity contribution in [2.24, 2.45) is 5.92 Å². The maximum absolute atomic E-state index is 13.0. The number of likely N-dealkylation sites (tertiary alicyclic amines) is 1. The Kier molecular flexibility index (Phi) is 7.04. The molecule has 1 aliphatic heterocycles. The van der Waals surface area contributed by atoms with E-state index in [0.717, 1.165) is 37.6 Å². The van der Waals surface area contributed by atoms with Crippen molar-refractivity contribution in [3.8, 4) is 5.82 Å². The molecule has 7 nitrogen and oxygen atoms in total. The molecular formula is C23H27F3N6OS. The van der Waals surface area contributed by atoms with Crippen molar-refractivity contribution in [1.82, 2.24) is 24.6 Å². The molecule has 0 aliphatic carbocycles. The zero-order valence-corrected chi connectivity index (χ0v) is 20.1. The Hall–Kier alpha value is -2.79. The normalized spacial score (nSPS) is 17.3. The highest BCUT2D eigenvalue weighted by molar-refractivity contribution is 7.14.